The molecule has 7 heteroatoms. The van der Waals surface area contributed by atoms with E-state index in [1.807, 2.05) is 19.3 Å². The Bertz CT molecular complexity index is 1080. The van der Waals surface area contributed by atoms with Crippen molar-refractivity contribution in [1.29, 1.82) is 0 Å². The highest BCUT2D eigenvalue weighted by Gasteiger charge is 2.16. The monoisotopic (exact) mass is 365 g/mol. The van der Waals surface area contributed by atoms with Crippen molar-refractivity contribution < 1.29 is 4.74 Å². The summed E-state index contributed by atoms with van der Waals surface area (Å²) in [6.07, 6.45) is 5.89. The van der Waals surface area contributed by atoms with E-state index in [-0.39, 0.29) is 0 Å². The number of ether oxygens (including phenoxy) is 1. The fraction of sp³-hybridized carbons (Fsp3) is 0.316. The van der Waals surface area contributed by atoms with Gasteiger partial charge in [-0.05, 0) is 37.5 Å². The number of thiazole rings is 1. The fourth-order valence-corrected chi connectivity index (χ4v) is 4.31. The molecule has 0 radical (unpaired) electrons. The lowest BCUT2D eigenvalue weighted by Crippen LogP contribution is -2.28. The zero-order valence-corrected chi connectivity index (χ0v) is 15.3. The Morgan fingerprint density at radius 2 is 2.12 bits per heavy atom. The summed E-state index contributed by atoms with van der Waals surface area (Å²) in [5.41, 5.74) is 4.17. The fourth-order valence-electron chi connectivity index (χ4n) is 3.45. The van der Waals surface area contributed by atoms with E-state index in [0.29, 0.717) is 12.0 Å². The summed E-state index contributed by atoms with van der Waals surface area (Å²) in [5, 5.41) is 5.54. The number of anilines is 1. The van der Waals surface area contributed by atoms with Gasteiger partial charge in [0.15, 0.2) is 0 Å². The Morgan fingerprint density at radius 3 is 3.00 bits per heavy atom. The third kappa shape index (κ3) is 2.83. The van der Waals surface area contributed by atoms with Gasteiger partial charge in [-0.15, -0.1) is 11.3 Å². The molecular formula is C19H19N5OS. The minimum absolute atomic E-state index is 0.382. The van der Waals surface area contributed by atoms with E-state index in [1.165, 1.54) is 4.70 Å². The summed E-state index contributed by atoms with van der Waals surface area (Å²) in [5.74, 6) is 0.673. The number of benzene rings is 1. The van der Waals surface area contributed by atoms with Gasteiger partial charge >= 0.3 is 0 Å². The molecule has 3 aromatic heterocycles. The standard InChI is InChI=1S/C19H19N5OS/c1-11-22-16-3-2-12(8-17(16)26-11)14-9-20-18-15(14)10-21-19(24-18)23-13-4-6-25-7-5-13/h2-3,8-10,13H,4-7H2,1H3,(H2,20,21,23,24). The van der Waals surface area contributed by atoms with Crippen LogP contribution in [-0.4, -0.2) is 39.2 Å². The van der Waals surface area contributed by atoms with Gasteiger partial charge in [0.05, 0.1) is 15.2 Å². The Labute approximate surface area is 154 Å². The molecule has 0 spiro atoms. The predicted octanol–water partition coefficient (Wildman–Crippen LogP) is 4.13. The zero-order chi connectivity index (χ0) is 17.5. The molecular weight excluding hydrogens is 346 g/mol. The van der Waals surface area contributed by atoms with Crippen LogP contribution in [0.15, 0.2) is 30.6 Å². The molecule has 1 aliphatic heterocycles. The third-order valence-corrected chi connectivity index (χ3v) is 5.73. The van der Waals surface area contributed by atoms with Crippen molar-refractivity contribution >= 4 is 38.5 Å². The number of fused-ring (bicyclic) bond motifs is 2. The molecule has 5 rings (SSSR count). The quantitative estimate of drug-likeness (QED) is 0.571. The summed E-state index contributed by atoms with van der Waals surface area (Å²) in [7, 11) is 0. The van der Waals surface area contributed by atoms with Crippen molar-refractivity contribution in [2.24, 2.45) is 0 Å². The average Bonchev–Trinajstić information content (AvgIpc) is 3.23. The van der Waals surface area contributed by atoms with Crippen molar-refractivity contribution in [3.8, 4) is 11.1 Å². The summed E-state index contributed by atoms with van der Waals surface area (Å²) >= 11 is 1.72. The van der Waals surface area contributed by atoms with Gasteiger partial charge in [0.2, 0.25) is 5.95 Å². The van der Waals surface area contributed by atoms with E-state index in [0.717, 1.165) is 58.7 Å². The van der Waals surface area contributed by atoms with E-state index in [4.69, 9.17) is 4.74 Å². The summed E-state index contributed by atoms with van der Waals surface area (Å²) in [4.78, 5) is 17.0. The maximum absolute atomic E-state index is 5.40. The number of nitrogens with zero attached hydrogens (tertiary/aromatic N) is 3. The lowest BCUT2D eigenvalue weighted by atomic mass is 10.1. The van der Waals surface area contributed by atoms with Gasteiger partial charge in [-0.25, -0.2) is 9.97 Å². The minimum Gasteiger partial charge on any atom is -0.381 e. The second-order valence-corrected chi connectivity index (χ2v) is 7.84. The molecule has 26 heavy (non-hydrogen) atoms. The number of aryl methyl sites for hydroxylation is 1. The molecule has 0 atom stereocenters. The molecule has 0 saturated carbocycles. The maximum Gasteiger partial charge on any atom is 0.224 e. The molecule has 4 aromatic rings. The molecule has 4 heterocycles. The second kappa shape index (κ2) is 6.34. The van der Waals surface area contributed by atoms with Crippen molar-refractivity contribution in [1.82, 2.24) is 19.9 Å². The first kappa shape index (κ1) is 15.7. The molecule has 1 aromatic carbocycles. The van der Waals surface area contributed by atoms with Gasteiger partial charge in [-0.1, -0.05) is 6.07 Å². The van der Waals surface area contributed by atoms with Crippen LogP contribution < -0.4 is 5.32 Å². The first-order valence-electron chi connectivity index (χ1n) is 8.82. The summed E-state index contributed by atoms with van der Waals surface area (Å²) < 4.78 is 6.60. The van der Waals surface area contributed by atoms with Crippen molar-refractivity contribution in [3.05, 3.63) is 35.6 Å². The highest BCUT2D eigenvalue weighted by Crippen LogP contribution is 2.32. The summed E-state index contributed by atoms with van der Waals surface area (Å²) in [6, 6.07) is 6.76. The van der Waals surface area contributed by atoms with Gasteiger partial charge in [-0.3, -0.25) is 0 Å². The normalized spacial score (nSPS) is 15.7. The topological polar surface area (TPSA) is 75.7 Å². The molecule has 0 amide bonds. The highest BCUT2D eigenvalue weighted by atomic mass is 32.1. The van der Waals surface area contributed by atoms with Crippen LogP contribution in [0.3, 0.4) is 0 Å². The number of H-pyrrole nitrogens is 1. The maximum atomic E-state index is 5.40. The molecule has 6 nitrogen and oxygen atoms in total. The molecule has 0 aliphatic carbocycles. The Kier molecular flexibility index (Phi) is 3.83. The molecule has 1 aliphatic rings. The van der Waals surface area contributed by atoms with Crippen LogP contribution in [0.2, 0.25) is 0 Å². The Balaban J connectivity index is 1.48. The van der Waals surface area contributed by atoms with Gasteiger partial charge < -0.3 is 15.0 Å². The van der Waals surface area contributed by atoms with E-state index < -0.39 is 0 Å². The van der Waals surface area contributed by atoms with Crippen molar-refractivity contribution in [3.63, 3.8) is 0 Å². The number of hydrogen-bond acceptors (Lipinski definition) is 6. The Hall–Kier alpha value is -2.51. The number of hydrogen-bond donors (Lipinski definition) is 2. The minimum atomic E-state index is 0.382. The first-order valence-corrected chi connectivity index (χ1v) is 9.64. The van der Waals surface area contributed by atoms with E-state index in [1.54, 1.807) is 11.3 Å². The number of nitrogens with one attached hydrogen (secondary N) is 2. The predicted molar refractivity (Wildman–Crippen MR) is 105 cm³/mol. The van der Waals surface area contributed by atoms with Crippen LogP contribution in [0.4, 0.5) is 5.95 Å². The smallest absolute Gasteiger partial charge is 0.224 e. The van der Waals surface area contributed by atoms with Crippen molar-refractivity contribution in [2.75, 3.05) is 18.5 Å². The van der Waals surface area contributed by atoms with Gasteiger partial charge in [-0.2, -0.15) is 4.98 Å². The molecule has 132 valence electrons. The highest BCUT2D eigenvalue weighted by molar-refractivity contribution is 7.18. The van der Waals surface area contributed by atoms with Gasteiger partial charge in [0.1, 0.15) is 5.65 Å². The van der Waals surface area contributed by atoms with Gasteiger partial charge in [0.25, 0.3) is 0 Å². The van der Waals surface area contributed by atoms with Crippen LogP contribution in [-0.2, 0) is 4.74 Å². The van der Waals surface area contributed by atoms with Crippen LogP contribution in [0.5, 0.6) is 0 Å². The SMILES string of the molecule is Cc1nc2ccc(-c3c[nH]c4nc(NC5CCOCC5)ncc34)cc2s1. The van der Waals surface area contributed by atoms with E-state index in [9.17, 15) is 0 Å². The lowest BCUT2D eigenvalue weighted by molar-refractivity contribution is 0.0903. The van der Waals surface area contributed by atoms with E-state index in [2.05, 4.69) is 43.5 Å². The zero-order valence-electron chi connectivity index (χ0n) is 14.5. The average molecular weight is 365 g/mol. The third-order valence-electron chi connectivity index (χ3n) is 4.79. The van der Waals surface area contributed by atoms with Crippen molar-refractivity contribution in [2.45, 2.75) is 25.8 Å². The molecule has 0 unspecified atom stereocenters. The number of aromatic nitrogens is 4. The molecule has 1 fully saturated rings. The lowest BCUT2D eigenvalue weighted by Gasteiger charge is -2.22. The van der Waals surface area contributed by atoms with Crippen LogP contribution >= 0.6 is 11.3 Å². The number of rotatable bonds is 3. The molecule has 0 bridgehead atoms. The van der Waals surface area contributed by atoms with Crippen LogP contribution in [0.25, 0.3) is 32.4 Å². The Morgan fingerprint density at radius 1 is 1.23 bits per heavy atom. The number of aromatic amines is 1. The first-order chi connectivity index (χ1) is 12.8. The molecule has 2 N–H and O–H groups in total. The largest absolute Gasteiger partial charge is 0.381 e. The summed E-state index contributed by atoms with van der Waals surface area (Å²) in [6.45, 7) is 3.63. The second-order valence-electron chi connectivity index (χ2n) is 6.60. The molecule has 1 saturated heterocycles. The van der Waals surface area contributed by atoms with Gasteiger partial charge in [0, 0.05) is 42.6 Å². The van der Waals surface area contributed by atoms with E-state index >= 15 is 0 Å². The van der Waals surface area contributed by atoms with Crippen LogP contribution in [0, 0.1) is 6.92 Å². The van der Waals surface area contributed by atoms with Crippen LogP contribution in [0.1, 0.15) is 17.8 Å².